The van der Waals surface area contributed by atoms with Gasteiger partial charge < -0.3 is 4.74 Å². The molecule has 1 heterocycles. The van der Waals surface area contributed by atoms with Crippen LogP contribution in [-0.2, 0) is 4.74 Å². The van der Waals surface area contributed by atoms with Crippen LogP contribution >= 0.6 is 0 Å². The number of rotatable bonds is 5. The summed E-state index contributed by atoms with van der Waals surface area (Å²) in [5.41, 5.74) is 0.851. The number of halogens is 1. The summed E-state index contributed by atoms with van der Waals surface area (Å²) in [6, 6.07) is 9.31. The van der Waals surface area contributed by atoms with Gasteiger partial charge >= 0.3 is 5.97 Å². The van der Waals surface area contributed by atoms with Crippen LogP contribution < -0.4 is 0 Å². The zero-order valence-electron chi connectivity index (χ0n) is 11.8. The zero-order chi connectivity index (χ0) is 14.8. The van der Waals surface area contributed by atoms with Crippen LogP contribution in [0.15, 0.2) is 36.5 Å². The van der Waals surface area contributed by atoms with Crippen molar-refractivity contribution in [3.05, 3.63) is 53.6 Å². The van der Waals surface area contributed by atoms with Gasteiger partial charge in [0.15, 0.2) is 11.5 Å². The molecule has 5 heteroatoms. The highest BCUT2D eigenvalue weighted by Crippen LogP contribution is 2.29. The van der Waals surface area contributed by atoms with Crippen molar-refractivity contribution >= 4 is 5.97 Å². The van der Waals surface area contributed by atoms with Gasteiger partial charge in [-0.05, 0) is 31.2 Å². The molecule has 1 fully saturated rings. The quantitative estimate of drug-likeness (QED) is 0.794. The topological polar surface area (TPSA) is 44.1 Å². The van der Waals surface area contributed by atoms with Crippen LogP contribution in [0.4, 0.5) is 4.39 Å². The van der Waals surface area contributed by atoms with Gasteiger partial charge in [0.2, 0.25) is 0 Å². The number of benzene rings is 1. The van der Waals surface area contributed by atoms with E-state index in [1.165, 1.54) is 4.68 Å². The maximum atomic E-state index is 13.9. The third-order valence-electron chi connectivity index (χ3n) is 3.74. The van der Waals surface area contributed by atoms with Gasteiger partial charge in [-0.1, -0.05) is 30.3 Å². The van der Waals surface area contributed by atoms with Crippen molar-refractivity contribution in [2.24, 2.45) is 5.92 Å². The Morgan fingerprint density at radius 2 is 2.14 bits per heavy atom. The molecule has 0 aliphatic heterocycles. The molecule has 0 unspecified atom stereocenters. The number of aromatic nitrogens is 2. The summed E-state index contributed by atoms with van der Waals surface area (Å²) in [7, 11) is 0. The molecule has 0 spiro atoms. The van der Waals surface area contributed by atoms with Gasteiger partial charge in [-0.25, -0.2) is 13.9 Å². The third kappa shape index (κ3) is 2.96. The average molecular weight is 288 g/mol. The molecular formula is C16H17FN2O2. The molecule has 21 heavy (non-hydrogen) atoms. The summed E-state index contributed by atoms with van der Waals surface area (Å²) in [5.74, 6) is -0.835. The first-order valence-corrected chi connectivity index (χ1v) is 7.12. The van der Waals surface area contributed by atoms with Gasteiger partial charge in [-0.3, -0.25) is 0 Å². The van der Waals surface area contributed by atoms with E-state index in [1.807, 2.05) is 37.3 Å². The minimum atomic E-state index is -0.640. The van der Waals surface area contributed by atoms with Gasteiger partial charge in [-0.2, -0.15) is 5.10 Å². The van der Waals surface area contributed by atoms with E-state index >= 15 is 0 Å². The first-order chi connectivity index (χ1) is 10.2. The van der Waals surface area contributed by atoms with E-state index < -0.39 is 11.8 Å². The van der Waals surface area contributed by atoms with Crippen LogP contribution in [0.1, 0.15) is 41.9 Å². The second-order valence-corrected chi connectivity index (χ2v) is 5.41. The van der Waals surface area contributed by atoms with Crippen molar-refractivity contribution in [3.8, 4) is 0 Å². The molecule has 1 atom stereocenters. The van der Waals surface area contributed by atoms with Gasteiger partial charge in [-0.15, -0.1) is 0 Å². The largest absolute Gasteiger partial charge is 0.461 e. The fourth-order valence-corrected chi connectivity index (χ4v) is 2.25. The number of carbonyl (C=O) groups is 1. The molecule has 0 radical (unpaired) electrons. The third-order valence-corrected chi connectivity index (χ3v) is 3.74. The molecule has 1 saturated carbocycles. The van der Waals surface area contributed by atoms with Crippen LogP contribution in [0.5, 0.6) is 0 Å². The molecule has 0 amide bonds. The van der Waals surface area contributed by atoms with Crippen LogP contribution in [0.2, 0.25) is 0 Å². The lowest BCUT2D eigenvalue weighted by molar-refractivity contribution is 0.0464. The number of ether oxygens (including phenoxy) is 1. The lowest BCUT2D eigenvalue weighted by Gasteiger charge is -2.15. The minimum Gasteiger partial charge on any atom is -0.461 e. The monoisotopic (exact) mass is 288 g/mol. The highest BCUT2D eigenvalue weighted by Gasteiger charge is 2.27. The van der Waals surface area contributed by atoms with Crippen molar-refractivity contribution in [1.82, 2.24) is 9.78 Å². The van der Waals surface area contributed by atoms with Gasteiger partial charge in [0, 0.05) is 0 Å². The Bertz CT molecular complexity index is 635. The zero-order valence-corrected chi connectivity index (χ0v) is 11.8. The number of nitrogens with zero attached hydrogens (tertiary/aromatic N) is 2. The van der Waals surface area contributed by atoms with E-state index in [-0.39, 0.29) is 11.7 Å². The van der Waals surface area contributed by atoms with Crippen LogP contribution in [-0.4, -0.2) is 22.4 Å². The highest BCUT2D eigenvalue weighted by atomic mass is 19.1. The summed E-state index contributed by atoms with van der Waals surface area (Å²) in [6.45, 7) is 2.24. The first-order valence-electron chi connectivity index (χ1n) is 7.12. The van der Waals surface area contributed by atoms with E-state index in [9.17, 15) is 9.18 Å². The molecular weight excluding hydrogens is 271 g/mol. The molecule has 1 aromatic carbocycles. The molecule has 1 aliphatic rings. The second-order valence-electron chi connectivity index (χ2n) is 5.41. The maximum absolute atomic E-state index is 13.9. The normalized spacial score (nSPS) is 15.7. The fraction of sp³-hybridized carbons (Fsp3) is 0.375. The van der Waals surface area contributed by atoms with Crippen molar-refractivity contribution in [2.45, 2.75) is 25.8 Å². The molecule has 3 rings (SSSR count). The molecule has 0 saturated heterocycles. The average Bonchev–Trinajstić information content (AvgIpc) is 3.26. The van der Waals surface area contributed by atoms with Crippen LogP contribution in [0.3, 0.4) is 0 Å². The lowest BCUT2D eigenvalue weighted by Crippen LogP contribution is -2.19. The molecule has 0 N–H and O–H groups in total. The molecule has 110 valence electrons. The van der Waals surface area contributed by atoms with E-state index in [0.29, 0.717) is 12.5 Å². The number of hydrogen-bond acceptors (Lipinski definition) is 3. The Kier molecular flexibility index (Phi) is 3.73. The summed E-state index contributed by atoms with van der Waals surface area (Å²) >= 11 is 0. The Morgan fingerprint density at radius 1 is 1.43 bits per heavy atom. The van der Waals surface area contributed by atoms with E-state index in [2.05, 4.69) is 5.10 Å². The number of esters is 1. The summed E-state index contributed by atoms with van der Waals surface area (Å²) in [6.07, 6.45) is 3.22. The molecule has 4 nitrogen and oxygen atoms in total. The van der Waals surface area contributed by atoms with Gasteiger partial charge in [0.1, 0.15) is 0 Å². The Morgan fingerprint density at radius 3 is 2.81 bits per heavy atom. The fourth-order valence-electron chi connectivity index (χ4n) is 2.25. The van der Waals surface area contributed by atoms with Crippen LogP contribution in [0, 0.1) is 11.7 Å². The minimum absolute atomic E-state index is 0.105. The van der Waals surface area contributed by atoms with Crippen molar-refractivity contribution in [2.75, 3.05) is 6.61 Å². The molecule has 1 aliphatic carbocycles. The summed E-state index contributed by atoms with van der Waals surface area (Å²) < 4.78 is 20.5. The second kappa shape index (κ2) is 5.68. The van der Waals surface area contributed by atoms with Gasteiger partial charge in [0.05, 0.1) is 18.8 Å². The Labute approximate surface area is 122 Å². The first kappa shape index (κ1) is 13.8. The molecule has 1 aromatic heterocycles. The maximum Gasteiger partial charge on any atom is 0.359 e. The summed E-state index contributed by atoms with van der Waals surface area (Å²) in [4.78, 5) is 12.1. The Balaban J connectivity index is 1.83. The van der Waals surface area contributed by atoms with Gasteiger partial charge in [0.25, 0.3) is 0 Å². The number of hydrogen-bond donors (Lipinski definition) is 0. The van der Waals surface area contributed by atoms with Crippen molar-refractivity contribution in [3.63, 3.8) is 0 Å². The predicted molar refractivity (Wildman–Crippen MR) is 75.4 cm³/mol. The van der Waals surface area contributed by atoms with E-state index in [4.69, 9.17) is 4.74 Å². The molecule has 2 aromatic rings. The standard InChI is InChI=1S/C16H17FN2O2/c1-11(13-5-3-2-4-6-13)19-15(14(17)9-18-19)16(20)21-10-12-7-8-12/h2-6,9,11-12H,7-8,10H2,1H3/t11-/m1/s1. The summed E-state index contributed by atoms with van der Waals surface area (Å²) in [5, 5.41) is 4.00. The van der Waals surface area contributed by atoms with E-state index in [0.717, 1.165) is 24.6 Å². The number of carbonyl (C=O) groups excluding carboxylic acids is 1. The predicted octanol–water partition coefficient (Wildman–Crippen LogP) is 3.20. The van der Waals surface area contributed by atoms with Crippen LogP contribution in [0.25, 0.3) is 0 Å². The van der Waals surface area contributed by atoms with Crippen molar-refractivity contribution in [1.29, 1.82) is 0 Å². The molecule has 0 bridgehead atoms. The smallest absolute Gasteiger partial charge is 0.359 e. The Hall–Kier alpha value is -2.17. The lowest BCUT2D eigenvalue weighted by atomic mass is 10.1. The highest BCUT2D eigenvalue weighted by molar-refractivity contribution is 5.87. The van der Waals surface area contributed by atoms with Crippen molar-refractivity contribution < 1.29 is 13.9 Å². The SMILES string of the molecule is C[C@H](c1ccccc1)n1ncc(F)c1C(=O)OCC1CC1. The van der Waals surface area contributed by atoms with E-state index in [1.54, 1.807) is 0 Å².